The van der Waals surface area contributed by atoms with Gasteiger partial charge in [-0.3, -0.25) is 4.79 Å². The van der Waals surface area contributed by atoms with Gasteiger partial charge in [-0.15, -0.1) is 10.2 Å². The van der Waals surface area contributed by atoms with Crippen LogP contribution in [0.1, 0.15) is 12.8 Å². The molecule has 0 aliphatic heterocycles. The first-order valence-corrected chi connectivity index (χ1v) is 4.88. The van der Waals surface area contributed by atoms with Crippen LogP contribution in [0.4, 0.5) is 5.82 Å². The first-order valence-electron chi connectivity index (χ1n) is 4.50. The van der Waals surface area contributed by atoms with Crippen molar-refractivity contribution in [2.24, 2.45) is 0 Å². The highest BCUT2D eigenvalue weighted by Gasteiger charge is 2.03. The van der Waals surface area contributed by atoms with Gasteiger partial charge in [-0.25, -0.2) is 0 Å². The zero-order valence-electron chi connectivity index (χ0n) is 8.36. The fourth-order valence-corrected chi connectivity index (χ4v) is 1.07. The molecule has 0 atom stereocenters. The lowest BCUT2D eigenvalue weighted by atomic mass is 10.3. The zero-order valence-corrected chi connectivity index (χ0v) is 9.12. The van der Waals surface area contributed by atoms with Crippen molar-refractivity contribution >= 4 is 23.3 Å². The molecule has 15 heavy (non-hydrogen) atoms. The van der Waals surface area contributed by atoms with Gasteiger partial charge in [0.15, 0.2) is 11.0 Å². The van der Waals surface area contributed by atoms with E-state index in [2.05, 4.69) is 15.5 Å². The minimum atomic E-state index is -0.108. The molecule has 1 rings (SSSR count). The fourth-order valence-electron chi connectivity index (χ4n) is 0.965. The van der Waals surface area contributed by atoms with E-state index in [1.807, 2.05) is 0 Å². The number of aromatic nitrogens is 2. The molecule has 1 amide bonds. The summed E-state index contributed by atoms with van der Waals surface area (Å²) in [7, 11) is 1.60. The van der Waals surface area contributed by atoms with Crippen LogP contribution in [0.3, 0.4) is 0 Å². The van der Waals surface area contributed by atoms with E-state index in [4.69, 9.17) is 16.3 Å². The van der Waals surface area contributed by atoms with Crippen molar-refractivity contribution in [3.05, 3.63) is 17.3 Å². The van der Waals surface area contributed by atoms with Crippen LogP contribution in [0.2, 0.25) is 5.15 Å². The van der Waals surface area contributed by atoms with Gasteiger partial charge in [0.2, 0.25) is 5.91 Å². The summed E-state index contributed by atoms with van der Waals surface area (Å²) < 4.78 is 4.83. The molecule has 0 fully saturated rings. The highest BCUT2D eigenvalue weighted by atomic mass is 35.5. The monoisotopic (exact) mass is 229 g/mol. The summed E-state index contributed by atoms with van der Waals surface area (Å²) in [4.78, 5) is 11.3. The van der Waals surface area contributed by atoms with E-state index < -0.39 is 0 Å². The molecule has 0 saturated carbocycles. The van der Waals surface area contributed by atoms with E-state index >= 15 is 0 Å². The lowest BCUT2D eigenvalue weighted by molar-refractivity contribution is -0.116. The predicted octanol–water partition coefficient (Wildman–Crippen LogP) is 1.50. The van der Waals surface area contributed by atoms with Gasteiger partial charge in [0.25, 0.3) is 0 Å². The molecule has 0 unspecified atom stereocenters. The molecule has 0 aliphatic rings. The second-order valence-electron chi connectivity index (χ2n) is 2.89. The number of anilines is 1. The van der Waals surface area contributed by atoms with Crippen LogP contribution in [-0.2, 0) is 9.53 Å². The molecule has 1 aromatic rings. The Morgan fingerprint density at radius 1 is 1.53 bits per heavy atom. The number of ether oxygens (including phenoxy) is 1. The molecule has 0 aromatic carbocycles. The maximum atomic E-state index is 11.3. The molecule has 0 bridgehead atoms. The van der Waals surface area contributed by atoms with Crippen molar-refractivity contribution in [3.63, 3.8) is 0 Å². The van der Waals surface area contributed by atoms with E-state index in [1.54, 1.807) is 19.2 Å². The molecule has 0 saturated heterocycles. The maximum Gasteiger partial charge on any atom is 0.225 e. The van der Waals surface area contributed by atoms with Crippen LogP contribution < -0.4 is 5.32 Å². The number of nitrogens with one attached hydrogen (secondary N) is 1. The highest BCUT2D eigenvalue weighted by molar-refractivity contribution is 6.29. The van der Waals surface area contributed by atoms with Crippen molar-refractivity contribution in [2.75, 3.05) is 19.0 Å². The zero-order chi connectivity index (χ0) is 11.1. The second kappa shape index (κ2) is 6.31. The molecule has 1 heterocycles. The standard InChI is InChI=1S/C9H12ClN3O2/c1-15-6-2-3-9(14)11-8-5-4-7(10)12-13-8/h4-5H,2-3,6H2,1H3,(H,11,13,14). The number of nitrogens with zero attached hydrogens (tertiary/aromatic N) is 2. The number of halogens is 1. The Balaban J connectivity index is 2.34. The van der Waals surface area contributed by atoms with Crippen LogP contribution >= 0.6 is 11.6 Å². The minimum absolute atomic E-state index is 0.108. The van der Waals surface area contributed by atoms with Crippen LogP contribution in [0, 0.1) is 0 Å². The van der Waals surface area contributed by atoms with Gasteiger partial charge in [-0.1, -0.05) is 11.6 Å². The number of hydrogen-bond donors (Lipinski definition) is 1. The first-order chi connectivity index (χ1) is 7.22. The van der Waals surface area contributed by atoms with E-state index in [0.29, 0.717) is 30.4 Å². The summed E-state index contributed by atoms with van der Waals surface area (Å²) in [5.74, 6) is 0.297. The molecule has 0 aliphatic carbocycles. The number of hydrogen-bond acceptors (Lipinski definition) is 4. The van der Waals surface area contributed by atoms with Gasteiger partial charge in [0.1, 0.15) is 0 Å². The molecular formula is C9H12ClN3O2. The molecular weight excluding hydrogens is 218 g/mol. The van der Waals surface area contributed by atoms with Gasteiger partial charge in [-0.05, 0) is 18.6 Å². The lowest BCUT2D eigenvalue weighted by Crippen LogP contribution is -2.13. The normalized spacial score (nSPS) is 10.0. The predicted molar refractivity (Wildman–Crippen MR) is 56.8 cm³/mol. The Bertz CT molecular complexity index is 316. The SMILES string of the molecule is COCCCC(=O)Nc1ccc(Cl)nn1. The Labute approximate surface area is 92.8 Å². The van der Waals surface area contributed by atoms with Gasteiger partial charge in [0, 0.05) is 20.1 Å². The summed E-state index contributed by atoms with van der Waals surface area (Å²) >= 11 is 5.55. The summed E-state index contributed by atoms with van der Waals surface area (Å²) in [6.45, 7) is 0.569. The van der Waals surface area contributed by atoms with Crippen molar-refractivity contribution in [2.45, 2.75) is 12.8 Å². The third kappa shape index (κ3) is 4.71. The topological polar surface area (TPSA) is 64.1 Å². The average molecular weight is 230 g/mol. The first kappa shape index (κ1) is 11.9. The Hall–Kier alpha value is -1.20. The molecule has 82 valence electrons. The Kier molecular flexibility index (Phi) is 5.00. The molecule has 1 aromatic heterocycles. The van der Waals surface area contributed by atoms with Crippen LogP contribution in [0.25, 0.3) is 0 Å². The quantitative estimate of drug-likeness (QED) is 0.777. The minimum Gasteiger partial charge on any atom is -0.385 e. The fraction of sp³-hybridized carbons (Fsp3) is 0.444. The van der Waals surface area contributed by atoms with Gasteiger partial charge in [0.05, 0.1) is 0 Å². The molecule has 1 N–H and O–H groups in total. The number of carbonyl (C=O) groups is 1. The summed E-state index contributed by atoms with van der Waals surface area (Å²) in [6.07, 6.45) is 1.08. The third-order valence-electron chi connectivity index (χ3n) is 1.65. The van der Waals surface area contributed by atoms with Crippen LogP contribution in [-0.4, -0.2) is 29.8 Å². The largest absolute Gasteiger partial charge is 0.385 e. The van der Waals surface area contributed by atoms with Crippen molar-refractivity contribution < 1.29 is 9.53 Å². The van der Waals surface area contributed by atoms with Crippen molar-refractivity contribution in [1.82, 2.24) is 10.2 Å². The summed E-state index contributed by atoms with van der Waals surface area (Å²) in [5, 5.41) is 10.2. The van der Waals surface area contributed by atoms with E-state index in [1.165, 1.54) is 0 Å². The Morgan fingerprint density at radius 3 is 2.93 bits per heavy atom. The van der Waals surface area contributed by atoms with Crippen LogP contribution in [0.15, 0.2) is 12.1 Å². The van der Waals surface area contributed by atoms with E-state index in [-0.39, 0.29) is 5.91 Å². The molecule has 6 heteroatoms. The van der Waals surface area contributed by atoms with E-state index in [9.17, 15) is 4.79 Å². The van der Waals surface area contributed by atoms with Crippen molar-refractivity contribution in [3.8, 4) is 0 Å². The molecule has 0 radical (unpaired) electrons. The lowest BCUT2D eigenvalue weighted by Gasteiger charge is -2.02. The van der Waals surface area contributed by atoms with Crippen LogP contribution in [0.5, 0.6) is 0 Å². The smallest absolute Gasteiger partial charge is 0.225 e. The van der Waals surface area contributed by atoms with Gasteiger partial charge in [-0.2, -0.15) is 0 Å². The van der Waals surface area contributed by atoms with Crippen molar-refractivity contribution in [1.29, 1.82) is 0 Å². The number of methoxy groups -OCH3 is 1. The van der Waals surface area contributed by atoms with E-state index in [0.717, 1.165) is 0 Å². The maximum absolute atomic E-state index is 11.3. The number of amides is 1. The van der Waals surface area contributed by atoms with Gasteiger partial charge < -0.3 is 10.1 Å². The number of carbonyl (C=O) groups excluding carboxylic acids is 1. The summed E-state index contributed by atoms with van der Waals surface area (Å²) in [5.41, 5.74) is 0. The number of rotatable bonds is 5. The molecule has 0 spiro atoms. The second-order valence-corrected chi connectivity index (χ2v) is 3.27. The molecule has 5 nitrogen and oxygen atoms in total. The summed E-state index contributed by atoms with van der Waals surface area (Å²) in [6, 6.07) is 3.17. The average Bonchev–Trinajstić information content (AvgIpc) is 2.22. The highest BCUT2D eigenvalue weighted by Crippen LogP contribution is 2.06. The Morgan fingerprint density at radius 2 is 2.33 bits per heavy atom. The third-order valence-corrected chi connectivity index (χ3v) is 1.85. The van der Waals surface area contributed by atoms with Gasteiger partial charge >= 0.3 is 0 Å².